The van der Waals surface area contributed by atoms with E-state index < -0.39 is 46.8 Å². The number of ether oxygens (including phenoxy) is 1. The number of aromatic hydroxyl groups is 1. The van der Waals surface area contributed by atoms with E-state index >= 15 is 0 Å². The maximum atomic E-state index is 14.9. The summed E-state index contributed by atoms with van der Waals surface area (Å²) in [5.41, 5.74) is 5.43. The normalized spacial score (nSPS) is 29.4. The number of carbonyl (C=O) groups excluding carboxylic acids is 4. The fraction of sp³-hybridized carbons (Fsp3) is 0.294. The molecular formula is C34H31N3O6. The molecule has 9 nitrogen and oxygen atoms in total. The molecule has 43 heavy (non-hydrogen) atoms. The summed E-state index contributed by atoms with van der Waals surface area (Å²) >= 11 is 0. The van der Waals surface area contributed by atoms with Gasteiger partial charge in [-0.1, -0.05) is 65.7 Å². The SMILES string of the molecule is COc1ccc([C@H]2C3=CC[C@@H]4C(=O)NC(=O)[C@@H]4[C@@H]3C[C@H]3C(=O)N(Nc4ccc(C)cc4)C(=O)[C@@]23c2ccccc2)cc1O. The van der Waals surface area contributed by atoms with Gasteiger partial charge in [-0.05, 0) is 61.1 Å². The van der Waals surface area contributed by atoms with Gasteiger partial charge in [0.15, 0.2) is 11.5 Å². The van der Waals surface area contributed by atoms with Gasteiger partial charge >= 0.3 is 0 Å². The Kier molecular flexibility index (Phi) is 6.16. The summed E-state index contributed by atoms with van der Waals surface area (Å²) in [7, 11) is 1.46. The quantitative estimate of drug-likeness (QED) is 0.310. The van der Waals surface area contributed by atoms with Gasteiger partial charge in [0, 0.05) is 5.92 Å². The summed E-state index contributed by atoms with van der Waals surface area (Å²) in [6.07, 6.45) is 2.54. The molecule has 3 N–H and O–H groups in total. The van der Waals surface area contributed by atoms with Crippen LogP contribution in [0.4, 0.5) is 5.69 Å². The molecule has 3 fully saturated rings. The lowest BCUT2D eigenvalue weighted by Crippen LogP contribution is -2.53. The standard InChI is InChI=1S/C34H31N3O6/c1-18-8-11-21(12-9-18)36-37-32(41)25-17-24-22(13-14-23-28(24)31(40)35-30(23)39)29(19-10-15-27(43-2)26(38)16-19)34(25,33(37)42)20-6-4-3-5-7-20/h3-13,15-16,23-25,28-29,36,38H,14,17H2,1-2H3,(H,35,39,40)/t23-,24+,25-,28-,29-,34+/m0/s1. The summed E-state index contributed by atoms with van der Waals surface area (Å²) in [4.78, 5) is 55.3. The van der Waals surface area contributed by atoms with Crippen molar-refractivity contribution in [2.24, 2.45) is 23.7 Å². The third-order valence-electron chi connectivity index (χ3n) is 9.77. The number of carbonyl (C=O) groups is 4. The van der Waals surface area contributed by atoms with E-state index in [2.05, 4.69) is 10.7 Å². The number of anilines is 1. The van der Waals surface area contributed by atoms with Gasteiger partial charge in [0.25, 0.3) is 11.8 Å². The number of allylic oxidation sites excluding steroid dienone is 2. The van der Waals surface area contributed by atoms with Gasteiger partial charge in [-0.15, -0.1) is 0 Å². The van der Waals surface area contributed by atoms with Crippen LogP contribution in [-0.4, -0.2) is 40.9 Å². The van der Waals surface area contributed by atoms with E-state index in [1.54, 1.807) is 18.2 Å². The Morgan fingerprint density at radius 3 is 2.40 bits per heavy atom. The second-order valence-corrected chi connectivity index (χ2v) is 11.9. The predicted octanol–water partition coefficient (Wildman–Crippen LogP) is 3.98. The molecule has 218 valence electrons. The average Bonchev–Trinajstić information content (AvgIpc) is 3.42. The van der Waals surface area contributed by atoms with Gasteiger partial charge < -0.3 is 9.84 Å². The number of nitrogens with zero attached hydrogens (tertiary/aromatic N) is 1. The van der Waals surface area contributed by atoms with E-state index in [1.165, 1.54) is 7.11 Å². The summed E-state index contributed by atoms with van der Waals surface area (Å²) in [6, 6.07) is 21.7. The zero-order chi connectivity index (χ0) is 30.0. The Balaban J connectivity index is 1.47. The highest BCUT2D eigenvalue weighted by Crippen LogP contribution is 2.64. The van der Waals surface area contributed by atoms with E-state index in [4.69, 9.17) is 4.74 Å². The Morgan fingerprint density at radius 2 is 1.70 bits per heavy atom. The summed E-state index contributed by atoms with van der Waals surface area (Å²) < 4.78 is 5.31. The molecule has 2 heterocycles. The first-order chi connectivity index (χ1) is 20.7. The third-order valence-corrected chi connectivity index (χ3v) is 9.77. The lowest BCUT2D eigenvalue weighted by atomic mass is 9.49. The van der Waals surface area contributed by atoms with Crippen LogP contribution < -0.4 is 15.5 Å². The molecule has 0 radical (unpaired) electrons. The van der Waals surface area contributed by atoms with Crippen molar-refractivity contribution in [3.8, 4) is 11.5 Å². The average molecular weight is 578 g/mol. The van der Waals surface area contributed by atoms with Crippen molar-refractivity contribution >= 4 is 29.3 Å². The van der Waals surface area contributed by atoms with E-state index in [1.807, 2.05) is 67.6 Å². The minimum Gasteiger partial charge on any atom is -0.504 e. The number of hydrogen-bond acceptors (Lipinski definition) is 7. The number of imide groups is 2. The topological polar surface area (TPSA) is 125 Å². The van der Waals surface area contributed by atoms with Crippen LogP contribution in [0.15, 0.2) is 84.4 Å². The zero-order valence-electron chi connectivity index (χ0n) is 23.7. The smallest absolute Gasteiger partial charge is 0.260 e. The Labute approximate surface area is 248 Å². The molecule has 4 aliphatic rings. The van der Waals surface area contributed by atoms with Crippen molar-refractivity contribution in [1.82, 2.24) is 10.3 Å². The number of phenols is 1. The number of methoxy groups -OCH3 is 1. The largest absolute Gasteiger partial charge is 0.504 e. The maximum Gasteiger partial charge on any atom is 0.260 e. The number of benzene rings is 3. The first-order valence-corrected chi connectivity index (χ1v) is 14.4. The van der Waals surface area contributed by atoms with Gasteiger partial charge in [0.1, 0.15) is 0 Å². The van der Waals surface area contributed by atoms with Crippen molar-refractivity contribution in [2.75, 3.05) is 12.5 Å². The minimum atomic E-state index is -1.38. The zero-order valence-corrected chi connectivity index (χ0v) is 23.7. The molecule has 1 saturated carbocycles. The van der Waals surface area contributed by atoms with Crippen molar-refractivity contribution in [3.05, 3.63) is 101 Å². The van der Waals surface area contributed by atoms with Gasteiger partial charge in [-0.3, -0.25) is 29.9 Å². The van der Waals surface area contributed by atoms with Crippen molar-refractivity contribution in [3.63, 3.8) is 0 Å². The van der Waals surface area contributed by atoms with Crippen LogP contribution in [0.3, 0.4) is 0 Å². The molecule has 0 unspecified atom stereocenters. The number of amides is 4. The molecule has 3 aromatic carbocycles. The second-order valence-electron chi connectivity index (χ2n) is 11.9. The highest BCUT2D eigenvalue weighted by Gasteiger charge is 2.70. The van der Waals surface area contributed by atoms with Crippen molar-refractivity contribution < 1.29 is 29.0 Å². The number of aryl methyl sites for hydroxylation is 1. The van der Waals surface area contributed by atoms with E-state index in [0.717, 1.165) is 16.1 Å². The van der Waals surface area contributed by atoms with Crippen molar-refractivity contribution in [2.45, 2.75) is 31.1 Å². The Hall–Kier alpha value is -4.92. The fourth-order valence-corrected chi connectivity index (χ4v) is 7.92. The molecule has 2 aliphatic heterocycles. The number of fused-ring (bicyclic) bond motifs is 4. The predicted molar refractivity (Wildman–Crippen MR) is 157 cm³/mol. The molecule has 9 heteroatoms. The number of hydrogen-bond donors (Lipinski definition) is 3. The number of rotatable bonds is 5. The van der Waals surface area contributed by atoms with Crippen LogP contribution in [0, 0.1) is 30.6 Å². The van der Waals surface area contributed by atoms with Gasteiger partial charge in [-0.25, -0.2) is 0 Å². The Morgan fingerprint density at radius 1 is 0.953 bits per heavy atom. The number of nitrogens with one attached hydrogen (secondary N) is 2. The summed E-state index contributed by atoms with van der Waals surface area (Å²) in [5.74, 6) is -4.46. The number of hydrazine groups is 1. The lowest BCUT2D eigenvalue weighted by Gasteiger charge is -2.50. The molecule has 6 atom stereocenters. The molecule has 0 aromatic heterocycles. The van der Waals surface area contributed by atoms with Crippen LogP contribution >= 0.6 is 0 Å². The van der Waals surface area contributed by atoms with Crippen LogP contribution in [-0.2, 0) is 24.6 Å². The van der Waals surface area contributed by atoms with Crippen molar-refractivity contribution in [1.29, 1.82) is 0 Å². The van der Waals surface area contributed by atoms with Crippen LogP contribution in [0.5, 0.6) is 11.5 Å². The highest BCUT2D eigenvalue weighted by molar-refractivity contribution is 6.13. The summed E-state index contributed by atoms with van der Waals surface area (Å²) in [5, 5.41) is 14.5. The van der Waals surface area contributed by atoms with Gasteiger partial charge in [0.2, 0.25) is 11.8 Å². The van der Waals surface area contributed by atoms with Gasteiger partial charge in [-0.2, -0.15) is 5.01 Å². The second kappa shape index (κ2) is 9.83. The number of phenolic OH excluding ortho intramolecular Hbond substituents is 1. The Bertz CT molecular complexity index is 1700. The highest BCUT2D eigenvalue weighted by atomic mass is 16.5. The molecule has 0 spiro atoms. The minimum absolute atomic E-state index is 0.101. The molecule has 4 amide bonds. The molecule has 0 bridgehead atoms. The van der Waals surface area contributed by atoms with Crippen LogP contribution in [0.1, 0.15) is 35.4 Å². The molecule has 2 aliphatic carbocycles. The molecule has 2 saturated heterocycles. The third kappa shape index (κ3) is 3.84. The molecule has 7 rings (SSSR count). The first-order valence-electron chi connectivity index (χ1n) is 14.4. The molecular weight excluding hydrogens is 546 g/mol. The monoisotopic (exact) mass is 577 g/mol. The first kappa shape index (κ1) is 26.9. The maximum absolute atomic E-state index is 14.9. The molecule has 3 aromatic rings. The van der Waals surface area contributed by atoms with E-state index in [9.17, 15) is 24.3 Å². The fourth-order valence-electron chi connectivity index (χ4n) is 7.92. The van der Waals surface area contributed by atoms with Crippen LogP contribution in [0.2, 0.25) is 0 Å². The van der Waals surface area contributed by atoms with Gasteiger partial charge in [0.05, 0.1) is 36.0 Å². The summed E-state index contributed by atoms with van der Waals surface area (Å²) in [6.45, 7) is 1.95. The lowest BCUT2D eigenvalue weighted by molar-refractivity contribution is -0.138. The van der Waals surface area contributed by atoms with Crippen LogP contribution in [0.25, 0.3) is 0 Å². The van der Waals surface area contributed by atoms with E-state index in [0.29, 0.717) is 23.2 Å². The van der Waals surface area contributed by atoms with E-state index in [-0.39, 0.29) is 29.7 Å².